The van der Waals surface area contributed by atoms with E-state index in [0.717, 1.165) is 17.0 Å². The molecule has 122 valence electrons. The van der Waals surface area contributed by atoms with Gasteiger partial charge < -0.3 is 20.7 Å². The SMILES string of the molecule is CC12NC(=S)NC(c3ccccc3O1)C2C(=S)Nc1ccccc1. The zero-order valence-corrected chi connectivity index (χ0v) is 14.7. The van der Waals surface area contributed by atoms with Crippen molar-refractivity contribution >= 4 is 40.2 Å². The van der Waals surface area contributed by atoms with Crippen molar-refractivity contribution in [2.24, 2.45) is 5.92 Å². The van der Waals surface area contributed by atoms with Crippen molar-refractivity contribution in [1.82, 2.24) is 10.6 Å². The van der Waals surface area contributed by atoms with Gasteiger partial charge in [0.1, 0.15) is 5.75 Å². The average molecular weight is 355 g/mol. The summed E-state index contributed by atoms with van der Waals surface area (Å²) in [6, 6.07) is 17.9. The van der Waals surface area contributed by atoms with E-state index in [-0.39, 0.29) is 12.0 Å². The maximum absolute atomic E-state index is 6.27. The summed E-state index contributed by atoms with van der Waals surface area (Å²) in [6.45, 7) is 1.99. The molecule has 3 atom stereocenters. The molecule has 2 aliphatic rings. The van der Waals surface area contributed by atoms with Gasteiger partial charge in [0.2, 0.25) is 0 Å². The Hall–Kier alpha value is -2.18. The van der Waals surface area contributed by atoms with Crippen LogP contribution in [0.1, 0.15) is 18.5 Å². The lowest BCUT2D eigenvalue weighted by atomic mass is 9.80. The van der Waals surface area contributed by atoms with Crippen molar-refractivity contribution < 1.29 is 4.74 Å². The second-order valence-corrected chi connectivity index (χ2v) is 7.00. The Labute approximate surface area is 151 Å². The van der Waals surface area contributed by atoms with E-state index in [2.05, 4.69) is 22.0 Å². The van der Waals surface area contributed by atoms with Gasteiger partial charge in [-0.15, -0.1) is 0 Å². The molecule has 0 radical (unpaired) electrons. The van der Waals surface area contributed by atoms with Gasteiger partial charge in [0.15, 0.2) is 10.8 Å². The number of benzene rings is 2. The van der Waals surface area contributed by atoms with Crippen molar-refractivity contribution in [1.29, 1.82) is 0 Å². The van der Waals surface area contributed by atoms with Gasteiger partial charge in [-0.1, -0.05) is 48.6 Å². The molecule has 2 heterocycles. The predicted molar refractivity (Wildman–Crippen MR) is 103 cm³/mol. The second kappa shape index (κ2) is 5.72. The third kappa shape index (κ3) is 2.52. The maximum atomic E-state index is 6.27. The molecule has 3 N–H and O–H groups in total. The van der Waals surface area contributed by atoms with Gasteiger partial charge in [-0.05, 0) is 37.3 Å². The molecule has 2 bridgehead atoms. The third-order valence-corrected chi connectivity index (χ3v) is 5.05. The van der Waals surface area contributed by atoms with Crippen LogP contribution in [0.25, 0.3) is 0 Å². The van der Waals surface area contributed by atoms with Crippen LogP contribution in [-0.4, -0.2) is 15.8 Å². The number of para-hydroxylation sites is 2. The Kier molecular flexibility index (Phi) is 3.66. The van der Waals surface area contributed by atoms with E-state index in [1.165, 1.54) is 0 Å². The van der Waals surface area contributed by atoms with Crippen molar-refractivity contribution in [3.63, 3.8) is 0 Å². The largest absolute Gasteiger partial charge is 0.467 e. The van der Waals surface area contributed by atoms with E-state index >= 15 is 0 Å². The molecular formula is C18H17N3OS2. The zero-order valence-electron chi connectivity index (χ0n) is 13.1. The molecule has 0 aliphatic carbocycles. The normalized spacial score (nSPS) is 27.1. The van der Waals surface area contributed by atoms with Crippen molar-refractivity contribution in [3.8, 4) is 5.75 Å². The van der Waals surface area contributed by atoms with Crippen LogP contribution in [0.2, 0.25) is 0 Å². The third-order valence-electron chi connectivity index (χ3n) is 4.47. The molecule has 0 saturated carbocycles. The first-order valence-corrected chi connectivity index (χ1v) is 8.61. The molecule has 0 amide bonds. The van der Waals surface area contributed by atoms with Crippen LogP contribution in [-0.2, 0) is 0 Å². The number of ether oxygens (including phenoxy) is 1. The van der Waals surface area contributed by atoms with Gasteiger partial charge >= 0.3 is 0 Å². The van der Waals surface area contributed by atoms with Gasteiger partial charge in [-0.3, -0.25) is 0 Å². The zero-order chi connectivity index (χ0) is 16.7. The number of thiocarbonyl (C=S) groups is 2. The highest BCUT2D eigenvalue weighted by molar-refractivity contribution is 7.80. The maximum Gasteiger partial charge on any atom is 0.191 e. The quantitative estimate of drug-likeness (QED) is 0.718. The molecule has 1 fully saturated rings. The highest BCUT2D eigenvalue weighted by Gasteiger charge is 2.53. The summed E-state index contributed by atoms with van der Waals surface area (Å²) in [5.74, 6) is 0.751. The van der Waals surface area contributed by atoms with Crippen LogP contribution < -0.4 is 20.7 Å². The summed E-state index contributed by atoms with van der Waals surface area (Å²) < 4.78 is 6.27. The minimum atomic E-state index is -0.694. The first-order valence-electron chi connectivity index (χ1n) is 7.79. The number of hydrogen-bond acceptors (Lipinski definition) is 3. The number of fused-ring (bicyclic) bond motifs is 4. The minimum Gasteiger partial charge on any atom is -0.467 e. The van der Waals surface area contributed by atoms with Crippen molar-refractivity contribution in [2.45, 2.75) is 18.7 Å². The van der Waals surface area contributed by atoms with Crippen LogP contribution in [0.15, 0.2) is 54.6 Å². The average Bonchev–Trinajstić information content (AvgIpc) is 2.54. The summed E-state index contributed by atoms with van der Waals surface area (Å²) in [4.78, 5) is 0.714. The highest BCUT2D eigenvalue weighted by Crippen LogP contribution is 2.45. The fourth-order valence-corrected chi connectivity index (χ4v) is 4.24. The predicted octanol–water partition coefficient (Wildman–Crippen LogP) is 3.37. The first kappa shape index (κ1) is 15.4. The van der Waals surface area contributed by atoms with E-state index in [1.807, 2.05) is 55.5 Å². The topological polar surface area (TPSA) is 45.3 Å². The molecule has 2 aromatic carbocycles. The molecule has 3 unspecified atom stereocenters. The van der Waals surface area contributed by atoms with Crippen LogP contribution >= 0.6 is 24.4 Å². The number of hydrogen-bond donors (Lipinski definition) is 3. The molecule has 6 heteroatoms. The Balaban J connectivity index is 1.72. The number of anilines is 1. The lowest BCUT2D eigenvalue weighted by Gasteiger charge is -2.51. The highest BCUT2D eigenvalue weighted by atomic mass is 32.1. The summed E-state index contributed by atoms with van der Waals surface area (Å²) >= 11 is 11.1. The molecule has 0 aromatic heterocycles. The lowest BCUT2D eigenvalue weighted by molar-refractivity contribution is -0.00402. The molecule has 2 aromatic rings. The summed E-state index contributed by atoms with van der Waals surface area (Å²) in [5, 5.41) is 10.5. The summed E-state index contributed by atoms with van der Waals surface area (Å²) in [7, 11) is 0. The van der Waals surface area contributed by atoms with Crippen LogP contribution in [0.4, 0.5) is 5.69 Å². The fraction of sp³-hybridized carbons (Fsp3) is 0.222. The van der Waals surface area contributed by atoms with Crippen LogP contribution in [0.5, 0.6) is 5.75 Å². The lowest BCUT2D eigenvalue weighted by Crippen LogP contribution is -2.70. The fourth-order valence-electron chi connectivity index (χ4n) is 3.43. The van der Waals surface area contributed by atoms with E-state index in [0.29, 0.717) is 10.1 Å². The van der Waals surface area contributed by atoms with Gasteiger partial charge in [0.25, 0.3) is 0 Å². The first-order chi connectivity index (χ1) is 11.6. The standard InChI is InChI=1S/C18H17N3OS2/c1-18-14(16(23)19-11-7-3-2-4-8-11)15(20-17(24)21-18)12-9-5-6-10-13(12)22-18/h2-10,14-15H,1H3,(H,19,23)(H2,20,21,24). The van der Waals surface area contributed by atoms with Gasteiger partial charge in [-0.2, -0.15) is 0 Å². The Bertz CT molecular complexity index is 811. The van der Waals surface area contributed by atoms with E-state index in [1.54, 1.807) is 0 Å². The monoisotopic (exact) mass is 355 g/mol. The van der Waals surface area contributed by atoms with Crippen LogP contribution in [0.3, 0.4) is 0 Å². The molecule has 0 spiro atoms. The molecule has 24 heavy (non-hydrogen) atoms. The summed E-state index contributed by atoms with van der Waals surface area (Å²) in [5.41, 5.74) is 1.34. The number of nitrogens with one attached hydrogen (secondary N) is 3. The molecule has 1 saturated heterocycles. The van der Waals surface area contributed by atoms with Gasteiger partial charge in [0, 0.05) is 11.3 Å². The Morgan fingerprint density at radius 3 is 2.62 bits per heavy atom. The Morgan fingerprint density at radius 2 is 1.83 bits per heavy atom. The number of rotatable bonds is 2. The van der Waals surface area contributed by atoms with Gasteiger partial charge in [0.05, 0.1) is 16.9 Å². The van der Waals surface area contributed by atoms with E-state index in [9.17, 15) is 0 Å². The molecular weight excluding hydrogens is 338 g/mol. The molecule has 4 nitrogen and oxygen atoms in total. The molecule has 2 aliphatic heterocycles. The van der Waals surface area contributed by atoms with E-state index in [4.69, 9.17) is 29.2 Å². The smallest absolute Gasteiger partial charge is 0.191 e. The molecule has 4 rings (SSSR count). The van der Waals surface area contributed by atoms with Crippen molar-refractivity contribution in [3.05, 3.63) is 60.2 Å². The Morgan fingerprint density at radius 1 is 1.12 bits per heavy atom. The van der Waals surface area contributed by atoms with E-state index < -0.39 is 5.72 Å². The van der Waals surface area contributed by atoms with Crippen molar-refractivity contribution in [2.75, 3.05) is 5.32 Å². The van der Waals surface area contributed by atoms with Gasteiger partial charge in [-0.25, -0.2) is 0 Å². The summed E-state index contributed by atoms with van der Waals surface area (Å²) in [6.07, 6.45) is 0. The second-order valence-electron chi connectivity index (χ2n) is 6.16. The van der Waals surface area contributed by atoms with Crippen LogP contribution in [0, 0.1) is 5.92 Å². The minimum absolute atomic E-state index is 0.0302.